The molecule has 0 N–H and O–H groups in total. The van der Waals surface area contributed by atoms with Crippen LogP contribution >= 0.6 is 11.8 Å². The van der Waals surface area contributed by atoms with Crippen molar-refractivity contribution in [2.24, 2.45) is 4.99 Å². The van der Waals surface area contributed by atoms with Crippen molar-refractivity contribution >= 4 is 28.4 Å². The molecule has 0 radical (unpaired) electrons. The molecule has 0 bridgehead atoms. The summed E-state index contributed by atoms with van der Waals surface area (Å²) in [7, 11) is 0. The van der Waals surface area contributed by atoms with Crippen LogP contribution in [0.1, 0.15) is 15.9 Å². The first-order valence-corrected chi connectivity index (χ1v) is 8.05. The molecule has 22 heavy (non-hydrogen) atoms. The average molecular weight is 306 g/mol. The highest BCUT2D eigenvalue weighted by atomic mass is 32.2. The summed E-state index contributed by atoms with van der Waals surface area (Å²) in [5.74, 6) is 0.0709. The molecule has 2 heterocycles. The monoisotopic (exact) mass is 306 g/mol. The van der Waals surface area contributed by atoms with Gasteiger partial charge in [-0.15, -0.1) is 0 Å². The second-order valence-corrected chi connectivity index (χ2v) is 6.13. The molecule has 2 aromatic rings. The van der Waals surface area contributed by atoms with Gasteiger partial charge in [-0.2, -0.15) is 0 Å². The smallest absolute Gasteiger partial charge is 0.201 e. The zero-order valence-corrected chi connectivity index (χ0v) is 12.7. The molecule has 0 aliphatic carbocycles. The van der Waals surface area contributed by atoms with Crippen molar-refractivity contribution in [3.63, 3.8) is 0 Å². The van der Waals surface area contributed by atoms with Gasteiger partial charge < -0.3 is 4.90 Å². The summed E-state index contributed by atoms with van der Waals surface area (Å²) in [5, 5.41) is 0.943. The normalized spacial score (nSPS) is 16.7. The number of thioether (sulfide) groups is 1. The van der Waals surface area contributed by atoms with Gasteiger partial charge in [-0.3, -0.25) is 9.79 Å². The van der Waals surface area contributed by atoms with E-state index in [1.165, 1.54) is 11.8 Å². The van der Waals surface area contributed by atoms with E-state index in [9.17, 15) is 4.79 Å². The summed E-state index contributed by atoms with van der Waals surface area (Å²) in [4.78, 5) is 20.3. The summed E-state index contributed by atoms with van der Waals surface area (Å²) in [5.41, 5.74) is 2.79. The molecule has 3 nitrogen and oxygen atoms in total. The second kappa shape index (κ2) is 5.46. The molecule has 4 rings (SSSR count). The highest BCUT2D eigenvalue weighted by Gasteiger charge is 2.36. The van der Waals surface area contributed by atoms with Crippen molar-refractivity contribution in [1.29, 1.82) is 0 Å². The lowest BCUT2D eigenvalue weighted by molar-refractivity contribution is 0.104. The molecule has 0 saturated heterocycles. The number of aliphatic imine (C=N–C) groups is 1. The highest BCUT2D eigenvalue weighted by molar-refractivity contribution is 8.18. The van der Waals surface area contributed by atoms with Crippen LogP contribution in [0.5, 0.6) is 0 Å². The molecular formula is C18H14N2OS. The summed E-state index contributed by atoms with van der Waals surface area (Å²) in [6.07, 6.45) is 0. The maximum Gasteiger partial charge on any atom is 0.201 e. The van der Waals surface area contributed by atoms with Gasteiger partial charge in [-0.25, -0.2) is 0 Å². The van der Waals surface area contributed by atoms with Gasteiger partial charge in [-0.05, 0) is 17.3 Å². The topological polar surface area (TPSA) is 32.7 Å². The summed E-state index contributed by atoms with van der Waals surface area (Å²) in [6.45, 7) is 1.64. The number of hydrogen-bond acceptors (Lipinski definition) is 4. The summed E-state index contributed by atoms with van der Waals surface area (Å²) in [6, 6.07) is 19.5. The van der Waals surface area contributed by atoms with E-state index >= 15 is 0 Å². The molecule has 0 spiro atoms. The van der Waals surface area contributed by atoms with E-state index in [2.05, 4.69) is 22.0 Å². The van der Waals surface area contributed by atoms with Crippen LogP contribution in [0.4, 0.5) is 0 Å². The molecule has 108 valence electrons. The quantitative estimate of drug-likeness (QED) is 0.811. The minimum Gasteiger partial charge on any atom is -0.317 e. The zero-order chi connectivity index (χ0) is 14.9. The van der Waals surface area contributed by atoms with E-state index < -0.39 is 0 Å². The van der Waals surface area contributed by atoms with Gasteiger partial charge in [0.25, 0.3) is 0 Å². The summed E-state index contributed by atoms with van der Waals surface area (Å²) >= 11 is 1.49. The molecule has 2 aliphatic rings. The zero-order valence-electron chi connectivity index (χ0n) is 11.9. The van der Waals surface area contributed by atoms with Gasteiger partial charge in [0.1, 0.15) is 0 Å². The SMILES string of the molecule is O=C(C1=C(c2ccccc2)N2CCN=C2S1)c1ccccc1. The molecule has 0 aromatic heterocycles. The number of rotatable bonds is 3. The number of amidine groups is 1. The lowest BCUT2D eigenvalue weighted by Gasteiger charge is -2.17. The van der Waals surface area contributed by atoms with E-state index in [4.69, 9.17) is 0 Å². The molecule has 0 saturated carbocycles. The van der Waals surface area contributed by atoms with Gasteiger partial charge in [-0.1, -0.05) is 60.7 Å². The third-order valence-corrected chi connectivity index (χ3v) is 4.88. The molecule has 0 unspecified atom stereocenters. The fraction of sp³-hybridized carbons (Fsp3) is 0.111. The third-order valence-electron chi connectivity index (χ3n) is 3.77. The molecule has 4 heteroatoms. The van der Waals surface area contributed by atoms with E-state index in [0.717, 1.165) is 40.0 Å². The Balaban J connectivity index is 1.83. The first-order chi connectivity index (χ1) is 10.8. The van der Waals surface area contributed by atoms with Gasteiger partial charge >= 0.3 is 0 Å². The average Bonchev–Trinajstić information content (AvgIpc) is 3.16. The molecule has 0 amide bonds. The summed E-state index contributed by atoms with van der Waals surface area (Å²) < 4.78 is 0. The second-order valence-electron chi connectivity index (χ2n) is 5.16. The fourth-order valence-corrected chi connectivity index (χ4v) is 3.91. The number of fused-ring (bicyclic) bond motifs is 1. The number of nitrogens with zero attached hydrogens (tertiary/aromatic N) is 2. The minimum atomic E-state index is 0.0709. The molecule has 2 aliphatic heterocycles. The Morgan fingerprint density at radius 2 is 1.68 bits per heavy atom. The van der Waals surface area contributed by atoms with Crippen LogP contribution in [-0.2, 0) is 0 Å². The third kappa shape index (κ3) is 2.16. The van der Waals surface area contributed by atoms with Crippen LogP contribution in [-0.4, -0.2) is 28.9 Å². The lowest BCUT2D eigenvalue weighted by Crippen LogP contribution is -2.20. The first kappa shape index (κ1) is 13.3. The Morgan fingerprint density at radius 3 is 2.41 bits per heavy atom. The van der Waals surface area contributed by atoms with Gasteiger partial charge in [0.15, 0.2) is 5.17 Å². The van der Waals surface area contributed by atoms with Crippen molar-refractivity contribution in [2.45, 2.75) is 0 Å². The molecule has 2 aromatic carbocycles. The van der Waals surface area contributed by atoms with Crippen LogP contribution in [0.3, 0.4) is 0 Å². The van der Waals surface area contributed by atoms with Crippen LogP contribution in [0.2, 0.25) is 0 Å². The Labute approximate surface area is 133 Å². The maximum absolute atomic E-state index is 12.9. The van der Waals surface area contributed by atoms with Crippen molar-refractivity contribution in [3.05, 3.63) is 76.7 Å². The number of Topliss-reactive ketones (excluding diaryl/α,β-unsaturated/α-hetero) is 1. The van der Waals surface area contributed by atoms with Gasteiger partial charge in [0, 0.05) is 12.1 Å². The highest BCUT2D eigenvalue weighted by Crippen LogP contribution is 2.42. The number of allylic oxidation sites excluding steroid dienone is 1. The first-order valence-electron chi connectivity index (χ1n) is 7.24. The van der Waals surface area contributed by atoms with Crippen molar-refractivity contribution in [1.82, 2.24) is 4.90 Å². The van der Waals surface area contributed by atoms with E-state index in [1.807, 2.05) is 48.5 Å². The maximum atomic E-state index is 12.9. The van der Waals surface area contributed by atoms with Crippen LogP contribution in [0.15, 0.2) is 70.6 Å². The van der Waals surface area contributed by atoms with Crippen LogP contribution in [0, 0.1) is 0 Å². The Bertz CT molecular complexity index is 781. The number of benzene rings is 2. The Morgan fingerprint density at radius 1 is 1.00 bits per heavy atom. The van der Waals surface area contributed by atoms with E-state index in [-0.39, 0.29) is 5.78 Å². The predicted octanol–water partition coefficient (Wildman–Crippen LogP) is 3.66. The molecule has 0 fully saturated rings. The van der Waals surface area contributed by atoms with Crippen LogP contribution < -0.4 is 0 Å². The number of carbonyl (C=O) groups excluding carboxylic acids is 1. The molecule has 0 atom stereocenters. The van der Waals surface area contributed by atoms with E-state index in [1.54, 1.807) is 0 Å². The number of ketones is 1. The largest absolute Gasteiger partial charge is 0.317 e. The van der Waals surface area contributed by atoms with E-state index in [0.29, 0.717) is 0 Å². The van der Waals surface area contributed by atoms with Crippen molar-refractivity contribution in [3.8, 4) is 0 Å². The Hall–Kier alpha value is -2.33. The standard InChI is InChI=1S/C18H14N2OS/c21-16(14-9-5-2-6-10-14)17-15(13-7-3-1-4-8-13)20-12-11-19-18(20)22-17/h1-10H,11-12H2. The fourth-order valence-electron chi connectivity index (χ4n) is 2.74. The molecular weight excluding hydrogens is 292 g/mol. The van der Waals surface area contributed by atoms with Gasteiger partial charge in [0.05, 0.1) is 17.1 Å². The number of carbonyl (C=O) groups is 1. The van der Waals surface area contributed by atoms with Gasteiger partial charge in [0.2, 0.25) is 5.78 Å². The minimum absolute atomic E-state index is 0.0709. The lowest BCUT2D eigenvalue weighted by atomic mass is 10.1. The number of hydrogen-bond donors (Lipinski definition) is 0. The Kier molecular flexibility index (Phi) is 3.31. The predicted molar refractivity (Wildman–Crippen MR) is 90.7 cm³/mol. The van der Waals surface area contributed by atoms with Crippen LogP contribution in [0.25, 0.3) is 5.70 Å². The van der Waals surface area contributed by atoms with Crippen molar-refractivity contribution in [2.75, 3.05) is 13.1 Å². The van der Waals surface area contributed by atoms with Crippen molar-refractivity contribution < 1.29 is 4.79 Å².